The molecule has 0 radical (unpaired) electrons. The van der Waals surface area contributed by atoms with Crippen molar-refractivity contribution < 1.29 is 0 Å². The molecule has 5 heteroatoms. The predicted octanol–water partition coefficient (Wildman–Crippen LogP) is 13.8. The summed E-state index contributed by atoms with van der Waals surface area (Å²) in [6.45, 7) is 4.01. The lowest BCUT2D eigenvalue weighted by Crippen LogP contribution is -2.00. The SMILES string of the molecule is Cc1cc(C)nc(-c2ccc(-c3ccc(-c4cc(-c5nc(-c6ccccc6)nc(-c6ccccc6)n5)cc(-c5cc6cccc7ccc8cccc5c8c76)c4)cc3)cc2)n1. The van der Waals surface area contributed by atoms with Gasteiger partial charge in [-0.05, 0) is 110 Å². The van der Waals surface area contributed by atoms with Gasteiger partial charge < -0.3 is 0 Å². The molecule has 0 fully saturated rings. The summed E-state index contributed by atoms with van der Waals surface area (Å²) in [6, 6.07) is 66.4. The van der Waals surface area contributed by atoms with Crippen molar-refractivity contribution in [2.24, 2.45) is 0 Å². The first-order chi connectivity index (χ1) is 29.5. The molecular formula is C55H37N5. The number of nitrogens with zero attached hydrogens (tertiary/aromatic N) is 5. The minimum absolute atomic E-state index is 0.618. The second-order valence-electron chi connectivity index (χ2n) is 15.4. The monoisotopic (exact) mass is 767 g/mol. The standard InChI is InChI=1S/C55H37N5/c1-34-29-35(2)57-52(56-34)43-27-23-37(24-28-43)36-19-21-38(22-20-36)45-30-46(49-33-44-17-9-15-39-25-26-40-16-10-18-48(49)51(40)50(39)44)32-47(31-45)55-59-53(41-11-5-3-6-12-41)58-54(60-55)42-13-7-4-8-14-42/h3-33H,1-2H3. The molecule has 0 N–H and O–H groups in total. The number of aryl methyl sites for hydroxylation is 2. The first-order valence-electron chi connectivity index (χ1n) is 20.2. The van der Waals surface area contributed by atoms with Crippen LogP contribution >= 0.6 is 0 Å². The Bertz CT molecular complexity index is 3280. The maximum absolute atomic E-state index is 5.17. The van der Waals surface area contributed by atoms with Crippen molar-refractivity contribution in [1.29, 1.82) is 0 Å². The molecule has 11 aromatic rings. The number of hydrogen-bond donors (Lipinski definition) is 0. The van der Waals surface area contributed by atoms with Crippen LogP contribution in [0.4, 0.5) is 0 Å². The molecular weight excluding hydrogens is 731 g/mol. The maximum Gasteiger partial charge on any atom is 0.164 e. The van der Waals surface area contributed by atoms with Gasteiger partial charge in [-0.2, -0.15) is 0 Å². The largest absolute Gasteiger partial charge is 0.233 e. The quantitative estimate of drug-likeness (QED) is 0.151. The number of aromatic nitrogens is 5. The highest BCUT2D eigenvalue weighted by Crippen LogP contribution is 2.42. The summed E-state index contributed by atoms with van der Waals surface area (Å²) in [5.74, 6) is 2.63. The topological polar surface area (TPSA) is 64.5 Å². The van der Waals surface area contributed by atoms with Crippen molar-refractivity contribution in [3.8, 4) is 78.9 Å². The van der Waals surface area contributed by atoms with Crippen molar-refractivity contribution in [2.75, 3.05) is 0 Å². The van der Waals surface area contributed by atoms with E-state index in [1.807, 2.05) is 80.6 Å². The minimum atomic E-state index is 0.618. The molecule has 0 bridgehead atoms. The van der Waals surface area contributed by atoms with Crippen LogP contribution in [0, 0.1) is 13.8 Å². The van der Waals surface area contributed by atoms with Gasteiger partial charge in [0.1, 0.15) is 0 Å². The molecule has 0 atom stereocenters. The van der Waals surface area contributed by atoms with E-state index in [2.05, 4.69) is 131 Å². The second-order valence-corrected chi connectivity index (χ2v) is 15.4. The summed E-state index contributed by atoms with van der Waals surface area (Å²) in [5.41, 5.74) is 12.4. The molecule has 282 valence electrons. The van der Waals surface area contributed by atoms with Crippen LogP contribution in [0.25, 0.3) is 111 Å². The minimum Gasteiger partial charge on any atom is -0.233 e. The summed E-state index contributed by atoms with van der Waals surface area (Å²) in [7, 11) is 0. The lowest BCUT2D eigenvalue weighted by molar-refractivity contribution is 1.06. The van der Waals surface area contributed by atoms with Gasteiger partial charge in [0.15, 0.2) is 23.3 Å². The third-order valence-corrected chi connectivity index (χ3v) is 11.4. The van der Waals surface area contributed by atoms with E-state index >= 15 is 0 Å². The van der Waals surface area contributed by atoms with E-state index in [0.29, 0.717) is 17.5 Å². The van der Waals surface area contributed by atoms with Crippen molar-refractivity contribution in [3.05, 3.63) is 199 Å². The molecule has 0 aliphatic carbocycles. The van der Waals surface area contributed by atoms with Gasteiger partial charge in [-0.1, -0.05) is 158 Å². The fourth-order valence-electron chi connectivity index (χ4n) is 8.54. The summed E-state index contributed by atoms with van der Waals surface area (Å²) >= 11 is 0. The van der Waals surface area contributed by atoms with E-state index in [1.54, 1.807) is 0 Å². The highest BCUT2D eigenvalue weighted by atomic mass is 15.0. The third kappa shape index (κ3) is 6.43. The molecule has 2 aromatic heterocycles. The fourth-order valence-corrected chi connectivity index (χ4v) is 8.54. The van der Waals surface area contributed by atoms with Gasteiger partial charge in [0.05, 0.1) is 0 Å². The Morgan fingerprint density at radius 2 is 0.700 bits per heavy atom. The predicted molar refractivity (Wildman–Crippen MR) is 247 cm³/mol. The number of rotatable bonds is 7. The van der Waals surface area contributed by atoms with E-state index < -0.39 is 0 Å². The normalized spacial score (nSPS) is 11.5. The Balaban J connectivity index is 1.08. The Hall–Kier alpha value is -7.89. The van der Waals surface area contributed by atoms with Crippen molar-refractivity contribution in [3.63, 3.8) is 0 Å². The maximum atomic E-state index is 5.17. The first-order valence-corrected chi connectivity index (χ1v) is 20.2. The average molecular weight is 768 g/mol. The molecule has 0 amide bonds. The molecule has 0 spiro atoms. The molecule has 5 nitrogen and oxygen atoms in total. The zero-order chi connectivity index (χ0) is 40.2. The second kappa shape index (κ2) is 14.5. The Kier molecular flexibility index (Phi) is 8.52. The van der Waals surface area contributed by atoms with Crippen LogP contribution in [0.1, 0.15) is 11.4 Å². The Morgan fingerprint density at radius 1 is 0.267 bits per heavy atom. The number of benzene rings is 9. The summed E-state index contributed by atoms with van der Waals surface area (Å²) in [5, 5.41) is 7.50. The molecule has 0 aliphatic heterocycles. The van der Waals surface area contributed by atoms with Crippen LogP contribution in [-0.2, 0) is 0 Å². The van der Waals surface area contributed by atoms with E-state index in [1.165, 1.54) is 37.9 Å². The molecule has 2 heterocycles. The van der Waals surface area contributed by atoms with Gasteiger partial charge in [-0.25, -0.2) is 24.9 Å². The van der Waals surface area contributed by atoms with Crippen molar-refractivity contribution in [1.82, 2.24) is 24.9 Å². The van der Waals surface area contributed by atoms with Crippen LogP contribution in [0.3, 0.4) is 0 Å². The van der Waals surface area contributed by atoms with Crippen LogP contribution in [0.5, 0.6) is 0 Å². The van der Waals surface area contributed by atoms with Gasteiger partial charge in [0.25, 0.3) is 0 Å². The number of hydrogen-bond acceptors (Lipinski definition) is 5. The molecule has 0 aliphatic rings. The van der Waals surface area contributed by atoms with Crippen LogP contribution < -0.4 is 0 Å². The molecule has 0 unspecified atom stereocenters. The zero-order valence-electron chi connectivity index (χ0n) is 33.1. The fraction of sp³-hybridized carbons (Fsp3) is 0.0364. The highest BCUT2D eigenvalue weighted by molar-refractivity contribution is 6.26. The first kappa shape index (κ1) is 35.3. The van der Waals surface area contributed by atoms with Crippen LogP contribution in [-0.4, -0.2) is 24.9 Å². The lowest BCUT2D eigenvalue weighted by atomic mass is 9.87. The molecule has 0 saturated carbocycles. The van der Waals surface area contributed by atoms with Gasteiger partial charge in [-0.15, -0.1) is 0 Å². The van der Waals surface area contributed by atoms with E-state index in [4.69, 9.17) is 15.0 Å². The van der Waals surface area contributed by atoms with Gasteiger partial charge in [-0.3, -0.25) is 0 Å². The molecule has 11 rings (SSSR count). The highest BCUT2D eigenvalue weighted by Gasteiger charge is 2.18. The lowest BCUT2D eigenvalue weighted by Gasteiger charge is -2.17. The molecule has 9 aromatic carbocycles. The molecule has 60 heavy (non-hydrogen) atoms. The van der Waals surface area contributed by atoms with Crippen molar-refractivity contribution >= 4 is 32.3 Å². The van der Waals surface area contributed by atoms with Gasteiger partial charge in [0.2, 0.25) is 0 Å². The van der Waals surface area contributed by atoms with E-state index in [9.17, 15) is 0 Å². The Labute approximate surface area is 348 Å². The summed E-state index contributed by atoms with van der Waals surface area (Å²) in [4.78, 5) is 24.7. The van der Waals surface area contributed by atoms with E-state index in [0.717, 1.165) is 67.3 Å². The van der Waals surface area contributed by atoms with Crippen molar-refractivity contribution in [2.45, 2.75) is 13.8 Å². The van der Waals surface area contributed by atoms with Crippen LogP contribution in [0.2, 0.25) is 0 Å². The zero-order valence-corrected chi connectivity index (χ0v) is 33.1. The van der Waals surface area contributed by atoms with Gasteiger partial charge >= 0.3 is 0 Å². The smallest absolute Gasteiger partial charge is 0.164 e. The Morgan fingerprint density at radius 3 is 1.30 bits per heavy atom. The summed E-state index contributed by atoms with van der Waals surface area (Å²) < 4.78 is 0. The third-order valence-electron chi connectivity index (χ3n) is 11.4. The van der Waals surface area contributed by atoms with E-state index in [-0.39, 0.29) is 0 Å². The summed E-state index contributed by atoms with van der Waals surface area (Å²) in [6.07, 6.45) is 0. The average Bonchev–Trinajstić information content (AvgIpc) is 3.31. The van der Waals surface area contributed by atoms with Crippen LogP contribution in [0.15, 0.2) is 188 Å². The van der Waals surface area contributed by atoms with Gasteiger partial charge in [0, 0.05) is 33.6 Å². The molecule has 0 saturated heterocycles.